The molecule has 0 atom stereocenters. The molecule has 1 aromatic heterocycles. The van der Waals surface area contributed by atoms with Gasteiger partial charge in [0.15, 0.2) is 0 Å². The van der Waals surface area contributed by atoms with Crippen LogP contribution >= 0.6 is 27.3 Å². The Morgan fingerprint density at radius 1 is 1.26 bits per heavy atom. The van der Waals surface area contributed by atoms with Gasteiger partial charge in [-0.1, -0.05) is 6.07 Å². The molecule has 0 aliphatic rings. The maximum Gasteiger partial charge on any atom is 0.251 e. The number of primary amides is 1. The van der Waals surface area contributed by atoms with Crippen LogP contribution in [0.1, 0.15) is 25.6 Å². The number of carbonyl (C=O) groups is 2. The van der Waals surface area contributed by atoms with Crippen molar-refractivity contribution in [2.24, 2.45) is 5.73 Å². The highest BCUT2D eigenvalue weighted by Crippen LogP contribution is 2.22. The zero-order valence-corrected chi connectivity index (χ0v) is 12.3. The predicted molar refractivity (Wildman–Crippen MR) is 78.1 cm³/mol. The second-order valence-corrected chi connectivity index (χ2v) is 5.67. The fourth-order valence-corrected chi connectivity index (χ4v) is 2.96. The summed E-state index contributed by atoms with van der Waals surface area (Å²) in [6.45, 7) is 0.442. The largest absolute Gasteiger partial charge is 0.366 e. The van der Waals surface area contributed by atoms with Gasteiger partial charge >= 0.3 is 0 Å². The first-order valence-electron chi connectivity index (χ1n) is 5.48. The summed E-state index contributed by atoms with van der Waals surface area (Å²) in [5.41, 5.74) is 5.92. The minimum atomic E-state index is -0.546. The SMILES string of the molecule is NC(=O)c1cccc(C(=O)NCc2sccc2Br)c1. The minimum absolute atomic E-state index is 0.233. The number of benzene rings is 1. The van der Waals surface area contributed by atoms with Crippen molar-refractivity contribution in [3.8, 4) is 0 Å². The first kappa shape index (κ1) is 13.8. The average Bonchev–Trinajstić information content (AvgIpc) is 2.81. The number of halogens is 1. The van der Waals surface area contributed by atoms with E-state index in [1.54, 1.807) is 29.5 Å². The third kappa shape index (κ3) is 3.42. The number of amides is 2. The lowest BCUT2D eigenvalue weighted by Crippen LogP contribution is -2.23. The van der Waals surface area contributed by atoms with Crippen molar-refractivity contribution in [3.63, 3.8) is 0 Å². The van der Waals surface area contributed by atoms with Crippen molar-refractivity contribution >= 4 is 39.1 Å². The maximum absolute atomic E-state index is 12.0. The zero-order valence-electron chi connectivity index (χ0n) is 9.85. The quantitative estimate of drug-likeness (QED) is 0.899. The summed E-state index contributed by atoms with van der Waals surface area (Å²) in [4.78, 5) is 24.0. The number of carbonyl (C=O) groups excluding carboxylic acids is 2. The number of thiophene rings is 1. The lowest BCUT2D eigenvalue weighted by atomic mass is 10.1. The number of nitrogens with one attached hydrogen (secondary N) is 1. The standard InChI is InChI=1S/C13H11BrN2O2S/c14-10-4-5-19-11(10)7-16-13(18)9-3-1-2-8(6-9)12(15)17/h1-6H,7H2,(H2,15,17)(H,16,18). The highest BCUT2D eigenvalue weighted by Gasteiger charge is 2.09. The minimum Gasteiger partial charge on any atom is -0.366 e. The third-order valence-electron chi connectivity index (χ3n) is 2.51. The Balaban J connectivity index is 2.06. The Bertz CT molecular complexity index is 625. The van der Waals surface area contributed by atoms with Crippen LogP contribution in [0.2, 0.25) is 0 Å². The monoisotopic (exact) mass is 338 g/mol. The molecule has 0 saturated heterocycles. The summed E-state index contributed by atoms with van der Waals surface area (Å²) in [6, 6.07) is 8.28. The van der Waals surface area contributed by atoms with E-state index in [9.17, 15) is 9.59 Å². The smallest absolute Gasteiger partial charge is 0.251 e. The van der Waals surface area contributed by atoms with Gasteiger partial charge in [0.1, 0.15) is 0 Å². The van der Waals surface area contributed by atoms with Gasteiger partial charge < -0.3 is 11.1 Å². The van der Waals surface area contributed by atoms with Crippen LogP contribution in [-0.4, -0.2) is 11.8 Å². The van der Waals surface area contributed by atoms with Crippen molar-refractivity contribution in [1.82, 2.24) is 5.32 Å². The lowest BCUT2D eigenvalue weighted by molar-refractivity contribution is 0.0951. The van der Waals surface area contributed by atoms with E-state index in [0.29, 0.717) is 17.7 Å². The Hall–Kier alpha value is -1.66. The molecule has 0 aliphatic heterocycles. The predicted octanol–water partition coefficient (Wildman–Crippen LogP) is 2.54. The summed E-state index contributed by atoms with van der Waals surface area (Å²) in [7, 11) is 0. The van der Waals surface area contributed by atoms with E-state index in [2.05, 4.69) is 21.2 Å². The normalized spacial score (nSPS) is 10.2. The maximum atomic E-state index is 12.0. The average molecular weight is 339 g/mol. The molecule has 4 nitrogen and oxygen atoms in total. The summed E-state index contributed by atoms with van der Waals surface area (Å²) in [6.07, 6.45) is 0. The van der Waals surface area contributed by atoms with Gasteiger partial charge in [0, 0.05) is 20.5 Å². The summed E-state index contributed by atoms with van der Waals surface area (Å²) < 4.78 is 0.976. The Labute approximate surface area is 122 Å². The third-order valence-corrected chi connectivity index (χ3v) is 4.44. The molecule has 0 radical (unpaired) electrons. The van der Waals surface area contributed by atoms with Gasteiger partial charge in [0.2, 0.25) is 5.91 Å². The van der Waals surface area contributed by atoms with Gasteiger partial charge in [-0.15, -0.1) is 11.3 Å². The molecule has 0 bridgehead atoms. The Morgan fingerprint density at radius 2 is 2.00 bits per heavy atom. The Kier molecular flexibility index (Phi) is 4.34. The van der Waals surface area contributed by atoms with Gasteiger partial charge in [-0.2, -0.15) is 0 Å². The van der Waals surface area contributed by atoms with Gasteiger partial charge in [-0.05, 0) is 45.6 Å². The molecule has 3 N–H and O–H groups in total. The molecule has 19 heavy (non-hydrogen) atoms. The molecule has 6 heteroatoms. The molecule has 0 unspecified atom stereocenters. The molecule has 1 heterocycles. The van der Waals surface area contributed by atoms with E-state index < -0.39 is 5.91 Å². The first-order chi connectivity index (χ1) is 9.08. The summed E-state index contributed by atoms with van der Waals surface area (Å²) in [5.74, 6) is -0.779. The molecule has 0 aliphatic carbocycles. The molecular weight excluding hydrogens is 328 g/mol. The van der Waals surface area contributed by atoms with Crippen LogP contribution in [0.4, 0.5) is 0 Å². The molecule has 2 amide bonds. The molecule has 98 valence electrons. The number of hydrogen-bond donors (Lipinski definition) is 2. The fraction of sp³-hybridized carbons (Fsp3) is 0.0769. The van der Waals surface area contributed by atoms with Crippen LogP contribution < -0.4 is 11.1 Å². The highest BCUT2D eigenvalue weighted by atomic mass is 79.9. The molecule has 2 rings (SSSR count). The van der Waals surface area contributed by atoms with Crippen LogP contribution in [0.5, 0.6) is 0 Å². The van der Waals surface area contributed by atoms with Crippen molar-refractivity contribution < 1.29 is 9.59 Å². The fourth-order valence-electron chi connectivity index (χ4n) is 1.53. The second-order valence-electron chi connectivity index (χ2n) is 3.82. The summed E-state index contributed by atoms with van der Waals surface area (Å²) >= 11 is 4.96. The van der Waals surface area contributed by atoms with Crippen LogP contribution in [0.3, 0.4) is 0 Å². The lowest BCUT2D eigenvalue weighted by Gasteiger charge is -2.05. The van der Waals surface area contributed by atoms with E-state index in [-0.39, 0.29) is 5.91 Å². The molecular formula is C13H11BrN2O2S. The van der Waals surface area contributed by atoms with Crippen molar-refractivity contribution in [2.75, 3.05) is 0 Å². The van der Waals surface area contributed by atoms with E-state index in [1.807, 2.05) is 11.4 Å². The Morgan fingerprint density at radius 3 is 2.63 bits per heavy atom. The van der Waals surface area contributed by atoms with Crippen molar-refractivity contribution in [1.29, 1.82) is 0 Å². The van der Waals surface area contributed by atoms with Gasteiger partial charge in [-0.3, -0.25) is 9.59 Å². The van der Waals surface area contributed by atoms with E-state index >= 15 is 0 Å². The van der Waals surface area contributed by atoms with E-state index in [1.165, 1.54) is 6.07 Å². The second kappa shape index (κ2) is 5.99. The van der Waals surface area contributed by atoms with E-state index in [4.69, 9.17) is 5.73 Å². The zero-order chi connectivity index (χ0) is 13.8. The summed E-state index contributed by atoms with van der Waals surface area (Å²) in [5, 5.41) is 4.74. The molecule has 1 aromatic carbocycles. The topological polar surface area (TPSA) is 72.2 Å². The van der Waals surface area contributed by atoms with Crippen molar-refractivity contribution in [3.05, 3.63) is 56.2 Å². The number of nitrogens with two attached hydrogens (primary N) is 1. The van der Waals surface area contributed by atoms with Crippen LogP contribution in [0.15, 0.2) is 40.2 Å². The first-order valence-corrected chi connectivity index (χ1v) is 7.15. The van der Waals surface area contributed by atoms with Crippen molar-refractivity contribution in [2.45, 2.75) is 6.54 Å². The van der Waals surface area contributed by atoms with Gasteiger partial charge in [-0.25, -0.2) is 0 Å². The van der Waals surface area contributed by atoms with Crippen LogP contribution in [0, 0.1) is 0 Å². The van der Waals surface area contributed by atoms with Gasteiger partial charge in [0.05, 0.1) is 6.54 Å². The highest BCUT2D eigenvalue weighted by molar-refractivity contribution is 9.10. The van der Waals surface area contributed by atoms with Crippen LogP contribution in [-0.2, 0) is 6.54 Å². The molecule has 0 fully saturated rings. The number of rotatable bonds is 4. The molecule has 0 spiro atoms. The van der Waals surface area contributed by atoms with Crippen LogP contribution in [0.25, 0.3) is 0 Å². The van der Waals surface area contributed by atoms with Gasteiger partial charge in [0.25, 0.3) is 5.91 Å². The van der Waals surface area contributed by atoms with E-state index in [0.717, 1.165) is 9.35 Å². The number of hydrogen-bond acceptors (Lipinski definition) is 3. The molecule has 0 saturated carbocycles. The molecule has 2 aromatic rings.